The van der Waals surface area contributed by atoms with Gasteiger partial charge in [0.2, 0.25) is 0 Å². The van der Waals surface area contributed by atoms with Crippen molar-refractivity contribution in [2.24, 2.45) is 0 Å². The second-order valence-electron chi connectivity index (χ2n) is 6.02. The van der Waals surface area contributed by atoms with E-state index in [0.29, 0.717) is 27.2 Å². The third kappa shape index (κ3) is 4.15. The van der Waals surface area contributed by atoms with E-state index >= 15 is 0 Å². The number of rotatable bonds is 5. The first-order valence-corrected chi connectivity index (χ1v) is 9.25. The molecule has 13 heteroatoms. The van der Waals surface area contributed by atoms with Crippen LogP contribution in [0.15, 0.2) is 47.7 Å². The van der Waals surface area contributed by atoms with E-state index in [4.69, 9.17) is 0 Å². The summed E-state index contributed by atoms with van der Waals surface area (Å²) in [4.78, 5) is 18.1. The summed E-state index contributed by atoms with van der Waals surface area (Å²) in [6.07, 6.45) is 2.34. The van der Waals surface area contributed by atoms with Crippen LogP contribution in [0.25, 0.3) is 16.7 Å². The minimum Gasteiger partial charge on any atom is -0.403 e. The lowest BCUT2D eigenvalue weighted by Gasteiger charge is -2.18. The maximum atomic E-state index is 12.8. The molecule has 0 aliphatic rings. The predicted molar refractivity (Wildman–Crippen MR) is 103 cm³/mol. The van der Waals surface area contributed by atoms with Gasteiger partial charge in [0.15, 0.2) is 11.6 Å². The fraction of sp³-hybridized carbons (Fsp3) is 0.176. The Balaban J connectivity index is 1.73. The molecular weight excluding hydrogens is 469 g/mol. The van der Waals surface area contributed by atoms with Crippen molar-refractivity contribution in [1.29, 1.82) is 0 Å². The lowest BCUT2D eigenvalue weighted by atomic mass is 10.2. The quantitative estimate of drug-likeness (QED) is 0.459. The van der Waals surface area contributed by atoms with Crippen LogP contribution in [0.2, 0.25) is 0 Å². The second kappa shape index (κ2) is 7.82. The first-order valence-electron chi connectivity index (χ1n) is 8.46. The summed E-state index contributed by atoms with van der Waals surface area (Å²) in [7, 11) is 0. The number of nitrogens with zero attached hydrogens (tertiary/aromatic N) is 7. The van der Waals surface area contributed by atoms with Crippen LogP contribution in [0.1, 0.15) is 18.7 Å². The smallest absolute Gasteiger partial charge is 0.403 e. The summed E-state index contributed by atoms with van der Waals surface area (Å²) in [6.45, 7) is 1.80. The molecule has 1 unspecified atom stereocenters. The van der Waals surface area contributed by atoms with E-state index in [0.717, 1.165) is 6.33 Å². The molecule has 0 aliphatic heterocycles. The van der Waals surface area contributed by atoms with Crippen LogP contribution in [-0.4, -0.2) is 41.3 Å². The summed E-state index contributed by atoms with van der Waals surface area (Å²) in [5, 5.41) is 11.6. The third-order valence-corrected chi connectivity index (χ3v) is 4.43. The van der Waals surface area contributed by atoms with Crippen molar-refractivity contribution in [3.8, 4) is 11.6 Å². The molecule has 154 valence electrons. The van der Waals surface area contributed by atoms with Crippen molar-refractivity contribution < 1.29 is 17.9 Å². The Labute approximate surface area is 175 Å². The van der Waals surface area contributed by atoms with Crippen LogP contribution >= 0.6 is 15.9 Å². The summed E-state index contributed by atoms with van der Waals surface area (Å²) in [5.74, 6) is 0.264. The molecule has 1 atom stereocenters. The zero-order valence-electron chi connectivity index (χ0n) is 15.2. The molecule has 9 nitrogen and oxygen atoms in total. The molecule has 0 saturated carbocycles. The van der Waals surface area contributed by atoms with Gasteiger partial charge in [-0.3, -0.25) is 4.98 Å². The van der Waals surface area contributed by atoms with Crippen molar-refractivity contribution in [1.82, 2.24) is 34.9 Å². The summed E-state index contributed by atoms with van der Waals surface area (Å²) >= 11 is 3.20. The fourth-order valence-corrected chi connectivity index (χ4v) is 3.26. The highest BCUT2D eigenvalue weighted by Gasteiger charge is 2.32. The van der Waals surface area contributed by atoms with E-state index in [1.54, 1.807) is 13.0 Å². The zero-order chi connectivity index (χ0) is 21.3. The number of anilines is 1. The summed E-state index contributed by atoms with van der Waals surface area (Å²) in [6, 6.07) is 2.35. The Kier molecular flexibility index (Phi) is 5.20. The lowest BCUT2D eigenvalue weighted by molar-refractivity contribution is -0.274. The predicted octanol–water partition coefficient (Wildman–Crippen LogP) is 3.83. The van der Waals surface area contributed by atoms with E-state index in [1.807, 2.05) is 0 Å². The molecule has 30 heavy (non-hydrogen) atoms. The van der Waals surface area contributed by atoms with E-state index in [9.17, 15) is 13.2 Å². The number of hydrogen-bond acceptors (Lipinski definition) is 8. The van der Waals surface area contributed by atoms with Crippen molar-refractivity contribution in [2.45, 2.75) is 19.3 Å². The zero-order valence-corrected chi connectivity index (χ0v) is 16.8. The molecule has 0 bridgehead atoms. The van der Waals surface area contributed by atoms with Crippen molar-refractivity contribution in [2.75, 3.05) is 5.32 Å². The number of nitrogens with one attached hydrogen (secondary N) is 1. The molecule has 0 amide bonds. The van der Waals surface area contributed by atoms with Crippen molar-refractivity contribution >= 4 is 32.7 Å². The van der Waals surface area contributed by atoms with Gasteiger partial charge in [0, 0.05) is 22.3 Å². The first-order chi connectivity index (χ1) is 14.3. The normalized spacial score (nSPS) is 12.7. The van der Waals surface area contributed by atoms with Gasteiger partial charge in [-0.05, 0) is 19.1 Å². The maximum absolute atomic E-state index is 12.8. The standard InChI is InChI=1S/C17H12BrF3N8O/c1-9(13-16(23-3-2-22-13)29-26-4-5-27-29)28-15-11-6-10(18)7-12(30-17(19,20)21)14(11)24-8-25-15/h2-9H,1H3,(H,24,25,28). The SMILES string of the molecule is CC(Nc1ncnc2c(OC(F)(F)F)cc(Br)cc12)c1nccnc1-n1nccn1. The maximum Gasteiger partial charge on any atom is 0.573 e. The molecule has 3 heterocycles. The van der Waals surface area contributed by atoms with Gasteiger partial charge < -0.3 is 10.1 Å². The van der Waals surface area contributed by atoms with Gasteiger partial charge >= 0.3 is 6.36 Å². The Morgan fingerprint density at radius 2 is 1.77 bits per heavy atom. The molecule has 0 spiro atoms. The molecule has 0 saturated heterocycles. The average molecular weight is 481 g/mol. The summed E-state index contributed by atoms with van der Waals surface area (Å²) < 4.78 is 42.9. The highest BCUT2D eigenvalue weighted by atomic mass is 79.9. The van der Waals surface area contributed by atoms with Crippen LogP contribution < -0.4 is 10.1 Å². The first kappa shape index (κ1) is 19.9. The largest absolute Gasteiger partial charge is 0.573 e. The fourth-order valence-electron chi connectivity index (χ4n) is 2.82. The molecule has 1 aromatic carbocycles. The van der Waals surface area contributed by atoms with E-state index in [-0.39, 0.29) is 5.52 Å². The van der Waals surface area contributed by atoms with Crippen molar-refractivity contribution in [3.63, 3.8) is 0 Å². The molecule has 0 fully saturated rings. The Bertz CT molecular complexity index is 1190. The average Bonchev–Trinajstić information content (AvgIpc) is 3.22. The molecule has 1 N–H and O–H groups in total. The van der Waals surface area contributed by atoms with Crippen LogP contribution in [0.4, 0.5) is 19.0 Å². The van der Waals surface area contributed by atoms with Gasteiger partial charge in [0.1, 0.15) is 23.4 Å². The molecule has 0 radical (unpaired) electrons. The minimum absolute atomic E-state index is 0.00772. The van der Waals surface area contributed by atoms with Gasteiger partial charge in [-0.15, -0.1) is 18.0 Å². The molecule has 4 rings (SSSR count). The number of benzene rings is 1. The van der Waals surface area contributed by atoms with Gasteiger partial charge in [-0.2, -0.15) is 10.2 Å². The van der Waals surface area contributed by atoms with E-state index < -0.39 is 18.2 Å². The van der Waals surface area contributed by atoms with E-state index in [1.165, 1.54) is 35.7 Å². The van der Waals surface area contributed by atoms with Crippen LogP contribution in [0.3, 0.4) is 0 Å². The molecule has 4 aromatic rings. The number of alkyl halides is 3. The van der Waals surface area contributed by atoms with E-state index in [2.05, 4.69) is 56.1 Å². The van der Waals surface area contributed by atoms with Gasteiger partial charge in [-0.25, -0.2) is 15.0 Å². The van der Waals surface area contributed by atoms with Crippen LogP contribution in [0, 0.1) is 0 Å². The van der Waals surface area contributed by atoms with Gasteiger partial charge in [-0.1, -0.05) is 15.9 Å². The number of hydrogen-bond donors (Lipinski definition) is 1. The molecule has 0 aliphatic carbocycles. The number of aromatic nitrogens is 7. The van der Waals surface area contributed by atoms with Crippen LogP contribution in [0.5, 0.6) is 5.75 Å². The lowest BCUT2D eigenvalue weighted by Crippen LogP contribution is -2.18. The summed E-state index contributed by atoms with van der Waals surface area (Å²) in [5.41, 5.74) is 0.524. The third-order valence-electron chi connectivity index (χ3n) is 3.97. The highest BCUT2D eigenvalue weighted by Crippen LogP contribution is 2.35. The number of ether oxygens (including phenoxy) is 1. The topological polar surface area (TPSA) is 104 Å². The minimum atomic E-state index is -4.86. The van der Waals surface area contributed by atoms with Crippen LogP contribution in [-0.2, 0) is 0 Å². The highest BCUT2D eigenvalue weighted by molar-refractivity contribution is 9.10. The number of halogens is 4. The Morgan fingerprint density at radius 3 is 2.50 bits per heavy atom. The second-order valence-corrected chi connectivity index (χ2v) is 6.94. The molecule has 3 aromatic heterocycles. The Hall–Kier alpha value is -3.35. The number of fused-ring (bicyclic) bond motifs is 1. The van der Waals surface area contributed by atoms with Crippen molar-refractivity contribution in [3.05, 3.63) is 53.4 Å². The Morgan fingerprint density at radius 1 is 1.03 bits per heavy atom. The monoisotopic (exact) mass is 480 g/mol. The molecular formula is C17H12BrF3N8O. The van der Waals surface area contributed by atoms with Gasteiger partial charge in [0.25, 0.3) is 0 Å². The van der Waals surface area contributed by atoms with Gasteiger partial charge in [0.05, 0.1) is 18.4 Å².